The number of esters is 1. The number of hydrogen-bond acceptors (Lipinski definition) is 6. The Morgan fingerprint density at radius 1 is 1.20 bits per heavy atom. The molecule has 0 amide bonds. The maximum atomic E-state index is 12.7. The number of piperidine rings is 1. The summed E-state index contributed by atoms with van der Waals surface area (Å²) in [6.45, 7) is 10.3. The van der Waals surface area contributed by atoms with E-state index >= 15 is 0 Å². The van der Waals surface area contributed by atoms with Crippen molar-refractivity contribution in [2.75, 3.05) is 27.3 Å². The van der Waals surface area contributed by atoms with Gasteiger partial charge in [0.05, 0.1) is 14.2 Å². The topological polar surface area (TPSA) is 74.0 Å². The van der Waals surface area contributed by atoms with Crippen LogP contribution in [-0.2, 0) is 19.0 Å². The summed E-state index contributed by atoms with van der Waals surface area (Å²) in [5, 5.41) is 0. The van der Waals surface area contributed by atoms with Gasteiger partial charge in [-0.05, 0) is 42.4 Å². The van der Waals surface area contributed by atoms with E-state index in [0.29, 0.717) is 17.8 Å². The molecule has 0 bridgehead atoms. The minimum Gasteiger partial charge on any atom is -0.493 e. The van der Waals surface area contributed by atoms with Crippen LogP contribution in [0.4, 0.5) is 0 Å². The highest BCUT2D eigenvalue weighted by atomic mass is 16.5. The van der Waals surface area contributed by atoms with Crippen LogP contribution in [-0.4, -0.2) is 50.3 Å². The number of nitrogens with zero attached hydrogens (tertiary/aromatic N) is 1. The number of hydrogen-bond donors (Lipinski definition) is 1. The molecule has 168 valence electrons. The largest absolute Gasteiger partial charge is 0.493 e. The van der Waals surface area contributed by atoms with E-state index in [1.54, 1.807) is 14.2 Å². The Bertz CT molecular complexity index is 737. The fourth-order valence-electron chi connectivity index (χ4n) is 4.83. The lowest BCUT2D eigenvalue weighted by molar-refractivity contribution is -0.157. The molecular weight excluding hydrogens is 380 g/mol. The summed E-state index contributed by atoms with van der Waals surface area (Å²) in [6.07, 6.45) is 6.93. The van der Waals surface area contributed by atoms with Crippen LogP contribution in [0.5, 0.6) is 0 Å². The lowest BCUT2D eigenvalue weighted by Crippen LogP contribution is -2.49. The van der Waals surface area contributed by atoms with Gasteiger partial charge in [0.2, 0.25) is 0 Å². The second-order valence-electron chi connectivity index (χ2n) is 9.53. The minimum atomic E-state index is -0.582. The smallest absolute Gasteiger partial charge is 0.323 e. The maximum absolute atomic E-state index is 12.7. The van der Waals surface area contributed by atoms with Crippen LogP contribution >= 0.6 is 0 Å². The van der Waals surface area contributed by atoms with Crippen molar-refractivity contribution in [2.24, 2.45) is 29.4 Å². The molecule has 0 aromatic rings. The van der Waals surface area contributed by atoms with Crippen LogP contribution in [0.1, 0.15) is 47.0 Å². The van der Waals surface area contributed by atoms with Crippen molar-refractivity contribution in [3.63, 3.8) is 0 Å². The molecule has 0 spiro atoms. The van der Waals surface area contributed by atoms with Crippen molar-refractivity contribution in [2.45, 2.75) is 59.1 Å². The van der Waals surface area contributed by atoms with Crippen molar-refractivity contribution in [1.29, 1.82) is 0 Å². The van der Waals surface area contributed by atoms with Gasteiger partial charge in [0.15, 0.2) is 11.5 Å². The molecule has 0 aromatic heterocycles. The molecule has 0 aromatic carbocycles. The van der Waals surface area contributed by atoms with Gasteiger partial charge in [-0.3, -0.25) is 4.79 Å². The van der Waals surface area contributed by atoms with Crippen LogP contribution in [0.3, 0.4) is 0 Å². The summed E-state index contributed by atoms with van der Waals surface area (Å²) >= 11 is 0. The number of rotatable bonds is 7. The van der Waals surface area contributed by atoms with Gasteiger partial charge in [0, 0.05) is 37.0 Å². The predicted molar refractivity (Wildman–Crippen MR) is 117 cm³/mol. The second kappa shape index (κ2) is 9.46. The van der Waals surface area contributed by atoms with E-state index in [1.807, 2.05) is 13.8 Å². The number of fused-ring (bicyclic) bond motifs is 2. The van der Waals surface area contributed by atoms with Gasteiger partial charge < -0.3 is 24.8 Å². The van der Waals surface area contributed by atoms with Crippen molar-refractivity contribution in [3.8, 4) is 0 Å². The normalized spacial score (nSPS) is 27.2. The summed E-state index contributed by atoms with van der Waals surface area (Å²) in [5.74, 6) is 2.48. The van der Waals surface area contributed by atoms with Crippen LogP contribution < -0.4 is 5.73 Å². The highest BCUT2D eigenvalue weighted by Crippen LogP contribution is 2.42. The van der Waals surface area contributed by atoms with Gasteiger partial charge in [-0.2, -0.15) is 0 Å². The van der Waals surface area contributed by atoms with Gasteiger partial charge in [0.25, 0.3) is 0 Å². The second-order valence-corrected chi connectivity index (χ2v) is 9.53. The summed E-state index contributed by atoms with van der Waals surface area (Å²) in [7, 11) is 3.35. The molecular formula is C24H38N2O4. The van der Waals surface area contributed by atoms with E-state index in [9.17, 15) is 4.79 Å². The highest BCUT2D eigenvalue weighted by Gasteiger charge is 2.40. The zero-order valence-corrected chi connectivity index (χ0v) is 19.3. The molecule has 2 N–H and O–H groups in total. The monoisotopic (exact) mass is 418 g/mol. The Kier molecular flexibility index (Phi) is 7.17. The summed E-state index contributed by atoms with van der Waals surface area (Å²) < 4.78 is 17.1. The zero-order chi connectivity index (χ0) is 22.0. The van der Waals surface area contributed by atoms with Gasteiger partial charge >= 0.3 is 5.97 Å². The molecule has 1 fully saturated rings. The number of methoxy groups -OCH3 is 2. The highest BCUT2D eigenvalue weighted by molar-refractivity contribution is 5.76. The van der Waals surface area contributed by atoms with Crippen LogP contribution in [0, 0.1) is 23.7 Å². The van der Waals surface area contributed by atoms with E-state index in [0.717, 1.165) is 43.9 Å². The third-order valence-electron chi connectivity index (χ3n) is 6.55. The molecule has 0 saturated carbocycles. The standard InChI is InChI=1S/C24H38N2O4/c1-14(2)9-17-13-26-8-7-16-10-21(28-5)22(29-6)11-18(16)19(26)12-20(17)30-24(27)23(25)15(3)4/h10-11,14-17,20,23H,7-9,12-13,25H2,1-6H3. The molecule has 4 unspecified atom stereocenters. The Hall–Kier alpha value is -1.95. The van der Waals surface area contributed by atoms with Crippen molar-refractivity contribution >= 4 is 5.97 Å². The molecule has 1 aliphatic carbocycles. The molecule has 6 nitrogen and oxygen atoms in total. The van der Waals surface area contributed by atoms with Gasteiger partial charge in [0.1, 0.15) is 12.1 Å². The Balaban J connectivity index is 1.90. The molecule has 2 aliphatic heterocycles. The Morgan fingerprint density at radius 2 is 1.90 bits per heavy atom. The number of carbonyl (C=O) groups excluding carboxylic acids is 1. The Labute approximate surface area is 181 Å². The number of allylic oxidation sites excluding steroid dienone is 3. The molecule has 3 rings (SSSR count). The molecule has 4 atom stereocenters. The van der Waals surface area contributed by atoms with E-state index < -0.39 is 6.04 Å². The first-order chi connectivity index (χ1) is 14.2. The lowest BCUT2D eigenvalue weighted by atomic mass is 9.78. The van der Waals surface area contributed by atoms with E-state index in [4.69, 9.17) is 19.9 Å². The molecule has 3 aliphatic rings. The average Bonchev–Trinajstić information content (AvgIpc) is 2.71. The quantitative estimate of drug-likeness (QED) is 0.637. The average molecular weight is 419 g/mol. The molecule has 0 radical (unpaired) electrons. The number of ether oxygens (including phenoxy) is 3. The summed E-state index contributed by atoms with van der Waals surface area (Å²) in [6, 6.07) is -0.582. The molecule has 2 heterocycles. The molecule has 30 heavy (non-hydrogen) atoms. The molecule has 6 heteroatoms. The summed E-state index contributed by atoms with van der Waals surface area (Å²) in [5.41, 5.74) is 8.61. The number of nitrogens with two attached hydrogens (primary N) is 1. The van der Waals surface area contributed by atoms with Gasteiger partial charge in [-0.25, -0.2) is 0 Å². The zero-order valence-electron chi connectivity index (χ0n) is 19.3. The fourth-order valence-corrected chi connectivity index (χ4v) is 4.83. The summed E-state index contributed by atoms with van der Waals surface area (Å²) in [4.78, 5) is 15.2. The predicted octanol–water partition coefficient (Wildman–Crippen LogP) is 3.60. The Morgan fingerprint density at radius 3 is 2.50 bits per heavy atom. The maximum Gasteiger partial charge on any atom is 0.323 e. The number of carbonyl (C=O) groups is 1. The van der Waals surface area contributed by atoms with Crippen LogP contribution in [0.2, 0.25) is 0 Å². The van der Waals surface area contributed by atoms with Crippen LogP contribution in [0.15, 0.2) is 34.9 Å². The minimum absolute atomic E-state index is 0.0605. The van der Waals surface area contributed by atoms with Crippen molar-refractivity contribution in [3.05, 3.63) is 34.9 Å². The van der Waals surface area contributed by atoms with E-state index in [2.05, 4.69) is 30.9 Å². The van der Waals surface area contributed by atoms with Crippen LogP contribution in [0.25, 0.3) is 0 Å². The van der Waals surface area contributed by atoms with Crippen molar-refractivity contribution in [1.82, 2.24) is 4.90 Å². The van der Waals surface area contributed by atoms with Gasteiger partial charge in [-0.15, -0.1) is 0 Å². The first kappa shape index (κ1) is 22.7. The molecule has 1 saturated heterocycles. The SMILES string of the molecule is COC1=CC2=C3CC(OC(=O)C(N)C(C)C)C(CC(C)C)CN3CCC2C=C1OC. The van der Waals surface area contributed by atoms with Gasteiger partial charge in [-0.1, -0.05) is 27.7 Å². The third-order valence-corrected chi connectivity index (χ3v) is 6.55. The van der Waals surface area contributed by atoms with E-state index in [-0.39, 0.29) is 18.0 Å². The van der Waals surface area contributed by atoms with E-state index in [1.165, 1.54) is 11.3 Å². The lowest BCUT2D eigenvalue weighted by Gasteiger charge is -2.46. The first-order valence-electron chi connectivity index (χ1n) is 11.2. The van der Waals surface area contributed by atoms with Crippen molar-refractivity contribution < 1.29 is 19.0 Å². The first-order valence-corrected chi connectivity index (χ1v) is 11.2. The third kappa shape index (κ3) is 4.69. The fraction of sp³-hybridized carbons (Fsp3) is 0.708.